The second-order valence-electron chi connectivity index (χ2n) is 5.87. The highest BCUT2D eigenvalue weighted by Crippen LogP contribution is 2.35. The number of thiophene rings is 1. The molecule has 2 aromatic rings. The molecule has 0 bridgehead atoms. The van der Waals surface area contributed by atoms with Gasteiger partial charge in [-0.3, -0.25) is 9.52 Å². The zero-order chi connectivity index (χ0) is 18.1. The second kappa shape index (κ2) is 6.91. The Labute approximate surface area is 153 Å². The first-order chi connectivity index (χ1) is 11.0. The highest BCUT2D eigenvalue weighted by molar-refractivity contribution is 7.93. The van der Waals surface area contributed by atoms with Crippen LogP contribution in [0, 0.1) is 5.41 Å². The van der Waals surface area contributed by atoms with Crippen LogP contribution in [0.5, 0.6) is 0 Å². The van der Waals surface area contributed by atoms with Gasteiger partial charge in [0.05, 0.1) is 27.8 Å². The lowest BCUT2D eigenvalue weighted by atomic mass is 9.98. The van der Waals surface area contributed by atoms with Crippen molar-refractivity contribution >= 4 is 56.2 Å². The average Bonchev–Trinajstić information content (AvgIpc) is 3.01. The summed E-state index contributed by atoms with van der Waals surface area (Å²) in [5, 5.41) is 3.93. The molecule has 0 aliphatic heterocycles. The lowest BCUT2D eigenvalue weighted by Crippen LogP contribution is -2.24. The number of aromatic nitrogens is 2. The molecule has 0 unspecified atom stereocenters. The molecule has 2 rings (SSSR count). The predicted octanol–water partition coefficient (Wildman–Crippen LogP) is 3.60. The minimum absolute atomic E-state index is 0.0685. The van der Waals surface area contributed by atoms with Crippen LogP contribution in [-0.2, 0) is 26.3 Å². The van der Waals surface area contributed by atoms with Gasteiger partial charge in [-0.15, -0.1) is 11.3 Å². The molecular weight excluding hydrogens is 397 g/mol. The van der Waals surface area contributed by atoms with E-state index in [2.05, 4.69) is 9.82 Å². The zero-order valence-electron chi connectivity index (χ0n) is 13.0. The monoisotopic (exact) mass is 411 g/mol. The van der Waals surface area contributed by atoms with Crippen LogP contribution in [0.3, 0.4) is 0 Å². The number of carbonyl (C=O) groups is 1. The molecule has 24 heavy (non-hydrogen) atoms. The summed E-state index contributed by atoms with van der Waals surface area (Å²) in [6.45, 7) is 5.07. The normalized spacial score (nSPS) is 12.2. The molecule has 1 N–H and O–H groups in total. The third-order valence-electron chi connectivity index (χ3n) is 2.74. The number of sulfonamides is 1. The maximum absolute atomic E-state index is 12.3. The maximum Gasteiger partial charge on any atom is 0.313 e. The number of halogens is 2. The van der Waals surface area contributed by atoms with Gasteiger partial charge in [0.2, 0.25) is 0 Å². The van der Waals surface area contributed by atoms with Crippen molar-refractivity contribution in [1.29, 1.82) is 0 Å². The molecule has 2 aromatic heterocycles. The summed E-state index contributed by atoms with van der Waals surface area (Å²) in [6, 6.07) is 1.27. The van der Waals surface area contributed by atoms with Gasteiger partial charge in [-0.2, -0.15) is 5.10 Å². The molecule has 0 fully saturated rings. The quantitative estimate of drug-likeness (QED) is 0.758. The van der Waals surface area contributed by atoms with Crippen LogP contribution in [0.25, 0.3) is 0 Å². The second-order valence-corrected chi connectivity index (χ2v) is 9.81. The number of ether oxygens (including phenoxy) is 1. The van der Waals surface area contributed by atoms with E-state index in [9.17, 15) is 13.2 Å². The first kappa shape index (κ1) is 19.0. The van der Waals surface area contributed by atoms with Gasteiger partial charge in [-0.25, -0.2) is 13.1 Å². The van der Waals surface area contributed by atoms with Crippen molar-refractivity contribution in [2.75, 3.05) is 4.72 Å². The summed E-state index contributed by atoms with van der Waals surface area (Å²) in [4.78, 5) is 11.6. The number of rotatable bonds is 5. The van der Waals surface area contributed by atoms with Crippen LogP contribution < -0.4 is 4.72 Å². The van der Waals surface area contributed by atoms with Gasteiger partial charge in [0.1, 0.15) is 9.23 Å². The van der Waals surface area contributed by atoms with Crippen molar-refractivity contribution < 1.29 is 17.9 Å². The third kappa shape index (κ3) is 4.62. The molecule has 7 nitrogen and oxygen atoms in total. The van der Waals surface area contributed by atoms with Gasteiger partial charge in [0, 0.05) is 0 Å². The molecule has 0 amide bonds. The fourth-order valence-electron chi connectivity index (χ4n) is 1.55. The van der Waals surface area contributed by atoms with Crippen LogP contribution in [-0.4, -0.2) is 24.2 Å². The smallest absolute Gasteiger partial charge is 0.313 e. The Kier molecular flexibility index (Phi) is 5.48. The molecule has 132 valence electrons. The standard InChI is InChI=1S/C13H15Cl2N3O4S2/c1-13(2,3)12(19)22-7-18-6-8(5-16-18)17-24(20,21)9-4-10(14)23-11(9)15/h4-6,17H,7H2,1-3H3. The minimum Gasteiger partial charge on any atom is -0.442 e. The van der Waals surface area contributed by atoms with Gasteiger partial charge in [0.25, 0.3) is 10.0 Å². The molecule has 2 heterocycles. The number of anilines is 1. The molecule has 11 heteroatoms. The van der Waals surface area contributed by atoms with Crippen molar-refractivity contribution in [3.8, 4) is 0 Å². The molecule has 0 spiro atoms. The zero-order valence-corrected chi connectivity index (χ0v) is 16.2. The topological polar surface area (TPSA) is 90.3 Å². The minimum atomic E-state index is -3.88. The summed E-state index contributed by atoms with van der Waals surface area (Å²) >= 11 is 12.6. The lowest BCUT2D eigenvalue weighted by Gasteiger charge is -2.16. The van der Waals surface area contributed by atoms with Crippen molar-refractivity contribution in [3.05, 3.63) is 27.1 Å². The Morgan fingerprint density at radius 2 is 2.08 bits per heavy atom. The number of nitrogens with one attached hydrogen (secondary N) is 1. The summed E-state index contributed by atoms with van der Waals surface area (Å²) < 4.78 is 33.6. The molecule has 0 aliphatic rings. The molecule has 0 saturated heterocycles. The van der Waals surface area contributed by atoms with E-state index in [1.165, 1.54) is 23.1 Å². The van der Waals surface area contributed by atoms with Gasteiger partial charge in [-0.1, -0.05) is 23.2 Å². The highest BCUT2D eigenvalue weighted by Gasteiger charge is 2.24. The van der Waals surface area contributed by atoms with Gasteiger partial charge in [-0.05, 0) is 26.8 Å². The van der Waals surface area contributed by atoms with Crippen LogP contribution in [0.2, 0.25) is 8.67 Å². The predicted molar refractivity (Wildman–Crippen MR) is 92.9 cm³/mol. The van der Waals surface area contributed by atoms with Crippen LogP contribution in [0.15, 0.2) is 23.4 Å². The van der Waals surface area contributed by atoms with Gasteiger partial charge >= 0.3 is 5.97 Å². The van der Waals surface area contributed by atoms with E-state index in [-0.39, 0.29) is 32.0 Å². The summed E-state index contributed by atoms with van der Waals surface area (Å²) in [5.74, 6) is -0.389. The summed E-state index contributed by atoms with van der Waals surface area (Å²) in [7, 11) is -3.88. The number of nitrogens with zero attached hydrogens (tertiary/aromatic N) is 2. The van der Waals surface area contributed by atoms with E-state index in [0.717, 1.165) is 11.3 Å². The summed E-state index contributed by atoms with van der Waals surface area (Å²) in [6.07, 6.45) is 2.69. The highest BCUT2D eigenvalue weighted by atomic mass is 35.5. The Balaban J connectivity index is 2.06. The number of hydrogen-bond donors (Lipinski definition) is 1. The van der Waals surface area contributed by atoms with Crippen molar-refractivity contribution in [1.82, 2.24) is 9.78 Å². The fourth-order valence-corrected chi connectivity index (χ4v) is 4.73. The van der Waals surface area contributed by atoms with Crippen LogP contribution >= 0.6 is 34.5 Å². The van der Waals surface area contributed by atoms with E-state index in [4.69, 9.17) is 27.9 Å². The van der Waals surface area contributed by atoms with E-state index >= 15 is 0 Å². The Hall–Kier alpha value is -1.29. The largest absolute Gasteiger partial charge is 0.442 e. The fraction of sp³-hybridized carbons (Fsp3) is 0.385. The van der Waals surface area contributed by atoms with Crippen molar-refractivity contribution in [2.45, 2.75) is 32.4 Å². The van der Waals surface area contributed by atoms with Gasteiger partial charge in [0.15, 0.2) is 6.73 Å². The number of carbonyl (C=O) groups excluding carboxylic acids is 1. The number of esters is 1. The van der Waals surface area contributed by atoms with Crippen molar-refractivity contribution in [2.24, 2.45) is 5.41 Å². The third-order valence-corrected chi connectivity index (χ3v) is 5.87. The van der Waals surface area contributed by atoms with E-state index in [0.29, 0.717) is 0 Å². The van der Waals surface area contributed by atoms with Crippen molar-refractivity contribution in [3.63, 3.8) is 0 Å². The van der Waals surface area contributed by atoms with Crippen LogP contribution in [0.4, 0.5) is 5.69 Å². The molecule has 0 atom stereocenters. The lowest BCUT2D eigenvalue weighted by molar-refractivity contribution is -0.157. The number of hydrogen-bond acceptors (Lipinski definition) is 6. The SMILES string of the molecule is CC(C)(C)C(=O)OCn1cc(NS(=O)(=O)c2cc(Cl)sc2Cl)cn1. The Bertz CT molecular complexity index is 853. The molecular formula is C13H15Cl2N3O4S2. The molecule has 0 radical (unpaired) electrons. The summed E-state index contributed by atoms with van der Waals surface area (Å²) in [5.41, 5.74) is -0.424. The van der Waals surface area contributed by atoms with E-state index in [1.54, 1.807) is 20.8 Å². The first-order valence-electron chi connectivity index (χ1n) is 6.66. The Morgan fingerprint density at radius 1 is 1.42 bits per heavy atom. The first-order valence-corrected chi connectivity index (χ1v) is 9.72. The van der Waals surface area contributed by atoms with Gasteiger partial charge < -0.3 is 4.74 Å². The molecule has 0 saturated carbocycles. The molecule has 0 aliphatic carbocycles. The molecule has 0 aromatic carbocycles. The van der Waals surface area contributed by atoms with E-state index < -0.39 is 15.4 Å². The van der Waals surface area contributed by atoms with E-state index in [1.807, 2.05) is 0 Å². The Morgan fingerprint density at radius 3 is 2.62 bits per heavy atom. The van der Waals surface area contributed by atoms with Crippen LogP contribution in [0.1, 0.15) is 20.8 Å². The average molecular weight is 412 g/mol. The maximum atomic E-state index is 12.3.